The van der Waals surface area contributed by atoms with E-state index in [0.29, 0.717) is 18.9 Å². The Morgan fingerprint density at radius 2 is 1.60 bits per heavy atom. The molecule has 0 bridgehead atoms. The summed E-state index contributed by atoms with van der Waals surface area (Å²) < 4.78 is 12.1. The molecule has 0 heterocycles. The average molecular weight is 475 g/mol. The van der Waals surface area contributed by atoms with Gasteiger partial charge in [0.05, 0.1) is 6.61 Å². The molecule has 0 aromatic heterocycles. The first-order chi connectivity index (χ1) is 17.1. The first-order valence-electron chi connectivity index (χ1n) is 13.5. The summed E-state index contributed by atoms with van der Waals surface area (Å²) in [5, 5.41) is 2.19. The molecule has 1 atom stereocenters. The van der Waals surface area contributed by atoms with Crippen molar-refractivity contribution in [1.29, 1.82) is 0 Å². The van der Waals surface area contributed by atoms with Crippen molar-refractivity contribution in [2.75, 3.05) is 6.61 Å². The van der Waals surface area contributed by atoms with Crippen LogP contribution in [0, 0.1) is 5.92 Å². The van der Waals surface area contributed by atoms with Crippen molar-refractivity contribution in [3.8, 4) is 11.5 Å². The average Bonchev–Trinajstić information content (AvgIpc) is 2.87. The molecule has 188 valence electrons. The number of Topliss-reactive ketones (excluding diaryl/α,β-unsaturated/α-hetero) is 1. The lowest BCUT2D eigenvalue weighted by Crippen LogP contribution is -2.06. The first-order valence-corrected chi connectivity index (χ1v) is 13.5. The van der Waals surface area contributed by atoms with Crippen LogP contribution in [0.25, 0.3) is 10.8 Å². The van der Waals surface area contributed by atoms with Crippen molar-refractivity contribution in [1.82, 2.24) is 0 Å². The van der Waals surface area contributed by atoms with Crippen molar-refractivity contribution in [2.45, 2.75) is 85.2 Å². The highest BCUT2D eigenvalue weighted by Gasteiger charge is 2.12. The molecule has 0 saturated carbocycles. The largest absolute Gasteiger partial charge is 0.494 e. The Bertz CT molecular complexity index is 1040. The number of benzene rings is 3. The molecule has 35 heavy (non-hydrogen) atoms. The Kier molecular flexibility index (Phi) is 11.1. The molecule has 0 aliphatic heterocycles. The van der Waals surface area contributed by atoms with E-state index < -0.39 is 0 Å². The van der Waals surface area contributed by atoms with Crippen molar-refractivity contribution in [2.24, 2.45) is 5.92 Å². The Labute approximate surface area is 211 Å². The van der Waals surface area contributed by atoms with E-state index in [2.05, 4.69) is 39.0 Å². The number of hydrogen-bond acceptors (Lipinski definition) is 3. The molecule has 3 rings (SSSR count). The summed E-state index contributed by atoms with van der Waals surface area (Å²) in [7, 11) is 0. The summed E-state index contributed by atoms with van der Waals surface area (Å²) in [6.07, 6.45) is 10.2. The lowest BCUT2D eigenvalue weighted by atomic mass is 9.94. The van der Waals surface area contributed by atoms with E-state index in [1.54, 1.807) is 0 Å². The van der Waals surface area contributed by atoms with E-state index >= 15 is 0 Å². The zero-order valence-electron chi connectivity index (χ0n) is 21.9. The Morgan fingerprint density at radius 1 is 0.829 bits per heavy atom. The molecule has 0 unspecified atom stereocenters. The van der Waals surface area contributed by atoms with Gasteiger partial charge in [-0.15, -0.1) is 0 Å². The second kappa shape index (κ2) is 14.6. The lowest BCUT2D eigenvalue weighted by Gasteiger charge is -2.12. The van der Waals surface area contributed by atoms with Crippen LogP contribution in [0.3, 0.4) is 0 Å². The number of ether oxygens (including phenoxy) is 2. The third-order valence-electron chi connectivity index (χ3n) is 6.58. The molecule has 0 N–H and O–H groups in total. The Balaban J connectivity index is 1.53. The van der Waals surface area contributed by atoms with Crippen molar-refractivity contribution in [3.63, 3.8) is 0 Å². The number of fused-ring (bicyclic) bond motifs is 1. The number of carbonyl (C=O) groups excluding carboxylic acids is 1. The zero-order chi connectivity index (χ0) is 24.9. The van der Waals surface area contributed by atoms with E-state index in [1.165, 1.54) is 38.5 Å². The van der Waals surface area contributed by atoms with Crippen LogP contribution < -0.4 is 9.47 Å². The Morgan fingerprint density at radius 3 is 2.37 bits per heavy atom. The van der Waals surface area contributed by atoms with Gasteiger partial charge in [-0.3, -0.25) is 4.79 Å². The first kappa shape index (κ1) is 26.8. The molecular weight excluding hydrogens is 432 g/mol. The maximum absolute atomic E-state index is 12.6. The fourth-order valence-electron chi connectivity index (χ4n) is 4.39. The van der Waals surface area contributed by atoms with Crippen LogP contribution in [-0.2, 0) is 6.61 Å². The number of unbranched alkanes of at least 4 members (excludes halogenated alkanes) is 5. The van der Waals surface area contributed by atoms with Crippen LogP contribution in [-0.4, -0.2) is 12.4 Å². The van der Waals surface area contributed by atoms with Crippen LogP contribution in [0.2, 0.25) is 0 Å². The van der Waals surface area contributed by atoms with Crippen LogP contribution in [0.1, 0.15) is 94.5 Å². The molecule has 0 aliphatic rings. The van der Waals surface area contributed by atoms with Gasteiger partial charge in [0.1, 0.15) is 18.1 Å². The molecule has 3 aromatic rings. The second-order valence-corrected chi connectivity index (χ2v) is 9.76. The van der Waals surface area contributed by atoms with E-state index in [1.807, 2.05) is 42.5 Å². The maximum Gasteiger partial charge on any atom is 0.163 e. The third-order valence-corrected chi connectivity index (χ3v) is 6.58. The second-order valence-electron chi connectivity index (χ2n) is 9.76. The summed E-state index contributed by atoms with van der Waals surface area (Å²) in [4.78, 5) is 12.6. The highest BCUT2D eigenvalue weighted by atomic mass is 16.5. The topological polar surface area (TPSA) is 35.5 Å². The minimum Gasteiger partial charge on any atom is -0.494 e. The third kappa shape index (κ3) is 8.72. The number of hydrogen-bond donors (Lipinski definition) is 0. The summed E-state index contributed by atoms with van der Waals surface area (Å²) in [5.74, 6) is 2.44. The van der Waals surface area contributed by atoms with Gasteiger partial charge in [0.2, 0.25) is 0 Å². The van der Waals surface area contributed by atoms with Crippen LogP contribution in [0.5, 0.6) is 11.5 Å². The molecule has 3 nitrogen and oxygen atoms in total. The highest BCUT2D eigenvalue weighted by molar-refractivity contribution is 5.96. The summed E-state index contributed by atoms with van der Waals surface area (Å²) >= 11 is 0. The van der Waals surface area contributed by atoms with Crippen molar-refractivity contribution < 1.29 is 14.3 Å². The predicted molar refractivity (Wildman–Crippen MR) is 147 cm³/mol. The van der Waals surface area contributed by atoms with Crippen molar-refractivity contribution >= 4 is 16.6 Å². The van der Waals surface area contributed by atoms with Gasteiger partial charge < -0.3 is 9.47 Å². The van der Waals surface area contributed by atoms with Crippen LogP contribution >= 0.6 is 0 Å². The van der Waals surface area contributed by atoms with E-state index in [-0.39, 0.29) is 5.78 Å². The molecule has 3 aromatic carbocycles. The summed E-state index contributed by atoms with van der Waals surface area (Å²) in [6.45, 7) is 7.85. The molecule has 0 spiro atoms. The van der Waals surface area contributed by atoms with E-state index in [9.17, 15) is 4.79 Å². The summed E-state index contributed by atoms with van der Waals surface area (Å²) in [5.41, 5.74) is 1.85. The number of ketones is 1. The van der Waals surface area contributed by atoms with Gasteiger partial charge >= 0.3 is 0 Å². The van der Waals surface area contributed by atoms with Crippen LogP contribution in [0.4, 0.5) is 0 Å². The monoisotopic (exact) mass is 474 g/mol. The van der Waals surface area contributed by atoms with E-state index in [0.717, 1.165) is 52.8 Å². The van der Waals surface area contributed by atoms with Gasteiger partial charge in [-0.05, 0) is 47.6 Å². The SMILES string of the molecule is CCCCCCOc1ccc2c(OCc3ccc(C(=O)C[C@H](C)CCCCC)cc3)cccc2c1. The van der Waals surface area contributed by atoms with Gasteiger partial charge in [0, 0.05) is 17.4 Å². The molecule has 0 radical (unpaired) electrons. The zero-order valence-corrected chi connectivity index (χ0v) is 21.9. The molecular formula is C32H42O3. The van der Waals surface area contributed by atoms with Gasteiger partial charge in [0.15, 0.2) is 5.78 Å². The van der Waals surface area contributed by atoms with Gasteiger partial charge in [-0.25, -0.2) is 0 Å². The van der Waals surface area contributed by atoms with Gasteiger partial charge in [-0.1, -0.05) is 102 Å². The minimum atomic E-state index is 0.235. The molecule has 0 aliphatic carbocycles. The standard InChI is InChI=1S/C32H42O3/c1-4-6-8-10-21-34-29-19-20-30-28(23-29)13-11-14-32(30)35-24-26-15-17-27(18-16-26)31(33)22-25(3)12-9-7-5-2/h11,13-20,23,25H,4-10,12,21-22,24H2,1-3H3/t25-/m1/s1. The maximum atomic E-state index is 12.6. The highest BCUT2D eigenvalue weighted by Crippen LogP contribution is 2.29. The molecule has 0 amide bonds. The molecule has 0 saturated heterocycles. The minimum absolute atomic E-state index is 0.235. The quantitative estimate of drug-likeness (QED) is 0.153. The normalized spacial score (nSPS) is 12.0. The van der Waals surface area contributed by atoms with Gasteiger partial charge in [-0.2, -0.15) is 0 Å². The predicted octanol–water partition coefficient (Wildman–Crippen LogP) is 9.17. The number of rotatable bonds is 16. The molecule has 0 fully saturated rings. The van der Waals surface area contributed by atoms with Gasteiger partial charge in [0.25, 0.3) is 0 Å². The lowest BCUT2D eigenvalue weighted by molar-refractivity contribution is 0.0962. The molecule has 3 heteroatoms. The Hall–Kier alpha value is -2.81. The smallest absolute Gasteiger partial charge is 0.163 e. The summed E-state index contributed by atoms with van der Waals surface area (Å²) in [6, 6.07) is 20.2. The van der Waals surface area contributed by atoms with Crippen LogP contribution in [0.15, 0.2) is 60.7 Å². The van der Waals surface area contributed by atoms with E-state index in [4.69, 9.17) is 9.47 Å². The fourth-order valence-corrected chi connectivity index (χ4v) is 4.39. The fraction of sp³-hybridized carbons (Fsp3) is 0.469. The number of carbonyl (C=O) groups is 1. The van der Waals surface area contributed by atoms with Crippen molar-refractivity contribution in [3.05, 3.63) is 71.8 Å².